The SMILES string of the molecule is O=C(O)CC1(CC(O)c2cccs2)CCCC1. The summed E-state index contributed by atoms with van der Waals surface area (Å²) in [5.74, 6) is -0.745. The Bertz CT molecular complexity index is 366. The standard InChI is InChI=1S/C13H18O3S/c14-10(11-4-3-7-17-11)8-13(9-12(15)16)5-1-2-6-13/h3-4,7,10,14H,1-2,5-6,8-9H2,(H,15,16). The maximum atomic E-state index is 10.9. The fourth-order valence-electron chi connectivity index (χ4n) is 2.89. The molecule has 2 N–H and O–H groups in total. The number of thiophene rings is 1. The Labute approximate surface area is 105 Å². The summed E-state index contributed by atoms with van der Waals surface area (Å²) in [6, 6.07) is 3.83. The number of carbonyl (C=O) groups is 1. The van der Waals surface area contributed by atoms with Gasteiger partial charge in [0.05, 0.1) is 12.5 Å². The molecule has 0 radical (unpaired) electrons. The lowest BCUT2D eigenvalue weighted by Crippen LogP contribution is -2.23. The van der Waals surface area contributed by atoms with Gasteiger partial charge in [-0.15, -0.1) is 11.3 Å². The van der Waals surface area contributed by atoms with Gasteiger partial charge in [0.25, 0.3) is 0 Å². The van der Waals surface area contributed by atoms with Crippen molar-refractivity contribution >= 4 is 17.3 Å². The summed E-state index contributed by atoms with van der Waals surface area (Å²) < 4.78 is 0. The normalized spacial score (nSPS) is 20.3. The molecular formula is C13H18O3S. The highest BCUT2D eigenvalue weighted by Gasteiger charge is 2.38. The average Bonchev–Trinajstić information content (AvgIpc) is 2.86. The van der Waals surface area contributed by atoms with E-state index in [1.165, 1.54) is 11.3 Å². The van der Waals surface area contributed by atoms with Crippen LogP contribution in [0.4, 0.5) is 0 Å². The van der Waals surface area contributed by atoms with E-state index in [-0.39, 0.29) is 11.8 Å². The Kier molecular flexibility index (Phi) is 3.84. The van der Waals surface area contributed by atoms with E-state index in [1.54, 1.807) is 0 Å². The van der Waals surface area contributed by atoms with Gasteiger partial charge in [0, 0.05) is 4.88 Å². The van der Waals surface area contributed by atoms with Crippen molar-refractivity contribution in [3.05, 3.63) is 22.4 Å². The summed E-state index contributed by atoms with van der Waals surface area (Å²) >= 11 is 1.53. The molecule has 0 aromatic carbocycles. The highest BCUT2D eigenvalue weighted by molar-refractivity contribution is 7.10. The molecule has 1 aliphatic rings. The van der Waals surface area contributed by atoms with Gasteiger partial charge >= 0.3 is 5.97 Å². The molecule has 1 aromatic heterocycles. The smallest absolute Gasteiger partial charge is 0.303 e. The largest absolute Gasteiger partial charge is 0.481 e. The molecule has 0 saturated heterocycles. The van der Waals surface area contributed by atoms with Crippen molar-refractivity contribution in [3.8, 4) is 0 Å². The van der Waals surface area contributed by atoms with Gasteiger partial charge in [-0.3, -0.25) is 4.79 Å². The number of carboxylic acid groups (broad SMARTS) is 1. The highest BCUT2D eigenvalue weighted by atomic mass is 32.1. The van der Waals surface area contributed by atoms with Crippen molar-refractivity contribution in [1.29, 1.82) is 0 Å². The first kappa shape index (κ1) is 12.6. The van der Waals surface area contributed by atoms with Gasteiger partial charge in [-0.1, -0.05) is 18.9 Å². The number of aliphatic hydroxyl groups is 1. The van der Waals surface area contributed by atoms with E-state index in [4.69, 9.17) is 5.11 Å². The average molecular weight is 254 g/mol. The molecule has 94 valence electrons. The summed E-state index contributed by atoms with van der Waals surface area (Å²) in [6.07, 6.45) is 4.31. The molecule has 1 atom stereocenters. The third-order valence-corrected chi connectivity index (χ3v) is 4.66. The second-order valence-electron chi connectivity index (χ2n) is 5.01. The maximum Gasteiger partial charge on any atom is 0.303 e. The first-order chi connectivity index (χ1) is 8.11. The molecule has 1 aromatic rings. The summed E-state index contributed by atoms with van der Waals surface area (Å²) in [5.41, 5.74) is -0.185. The van der Waals surface area contributed by atoms with E-state index in [9.17, 15) is 9.90 Å². The second-order valence-corrected chi connectivity index (χ2v) is 5.99. The van der Waals surface area contributed by atoms with Gasteiger partial charge < -0.3 is 10.2 Å². The van der Waals surface area contributed by atoms with Crippen molar-refractivity contribution < 1.29 is 15.0 Å². The molecule has 0 aliphatic heterocycles. The second kappa shape index (κ2) is 5.19. The van der Waals surface area contributed by atoms with E-state index in [2.05, 4.69) is 0 Å². The van der Waals surface area contributed by atoms with Crippen molar-refractivity contribution in [2.75, 3.05) is 0 Å². The molecule has 0 spiro atoms. The van der Waals surface area contributed by atoms with E-state index in [1.807, 2.05) is 17.5 Å². The molecule has 0 amide bonds. The molecule has 0 bridgehead atoms. The topological polar surface area (TPSA) is 57.5 Å². The van der Waals surface area contributed by atoms with Gasteiger partial charge in [-0.05, 0) is 36.1 Å². The molecule has 1 saturated carbocycles. The third-order valence-electron chi connectivity index (χ3n) is 3.69. The third kappa shape index (κ3) is 3.07. The summed E-state index contributed by atoms with van der Waals surface area (Å²) in [7, 11) is 0. The number of aliphatic hydroxyl groups excluding tert-OH is 1. The minimum Gasteiger partial charge on any atom is -0.481 e. The molecule has 2 rings (SSSR count). The van der Waals surface area contributed by atoms with Crippen LogP contribution in [-0.4, -0.2) is 16.2 Å². The van der Waals surface area contributed by atoms with Crippen molar-refractivity contribution in [2.24, 2.45) is 5.41 Å². The molecular weight excluding hydrogens is 236 g/mol. The van der Waals surface area contributed by atoms with Gasteiger partial charge in [-0.2, -0.15) is 0 Å². The van der Waals surface area contributed by atoms with Crippen LogP contribution in [0.1, 0.15) is 49.5 Å². The lowest BCUT2D eigenvalue weighted by atomic mass is 9.77. The van der Waals surface area contributed by atoms with E-state index in [0.717, 1.165) is 30.6 Å². The van der Waals surface area contributed by atoms with Crippen molar-refractivity contribution in [1.82, 2.24) is 0 Å². The molecule has 1 aliphatic carbocycles. The lowest BCUT2D eigenvalue weighted by Gasteiger charge is -2.29. The lowest BCUT2D eigenvalue weighted by molar-refractivity contribution is -0.140. The Morgan fingerprint density at radius 3 is 2.71 bits per heavy atom. The number of hydrogen-bond acceptors (Lipinski definition) is 3. The number of aliphatic carboxylic acids is 1. The molecule has 17 heavy (non-hydrogen) atoms. The van der Waals surface area contributed by atoms with Crippen LogP contribution in [0.15, 0.2) is 17.5 Å². The fraction of sp³-hybridized carbons (Fsp3) is 0.615. The molecule has 1 unspecified atom stereocenters. The van der Waals surface area contributed by atoms with Crippen LogP contribution in [-0.2, 0) is 4.79 Å². The Morgan fingerprint density at radius 2 is 2.18 bits per heavy atom. The zero-order valence-corrected chi connectivity index (χ0v) is 10.6. The number of rotatable bonds is 5. The Balaban J connectivity index is 2.05. The van der Waals surface area contributed by atoms with Crippen LogP contribution in [0, 0.1) is 5.41 Å². The Morgan fingerprint density at radius 1 is 1.47 bits per heavy atom. The van der Waals surface area contributed by atoms with Crippen LogP contribution in [0.3, 0.4) is 0 Å². The van der Waals surface area contributed by atoms with Crippen LogP contribution in [0.25, 0.3) is 0 Å². The maximum absolute atomic E-state index is 10.9. The number of hydrogen-bond donors (Lipinski definition) is 2. The first-order valence-corrected chi connectivity index (χ1v) is 6.93. The highest BCUT2D eigenvalue weighted by Crippen LogP contribution is 2.47. The molecule has 1 fully saturated rings. The molecule has 1 heterocycles. The summed E-state index contributed by atoms with van der Waals surface area (Å²) in [4.78, 5) is 11.9. The van der Waals surface area contributed by atoms with Crippen molar-refractivity contribution in [3.63, 3.8) is 0 Å². The van der Waals surface area contributed by atoms with Crippen LogP contribution in [0.2, 0.25) is 0 Å². The quantitative estimate of drug-likeness (QED) is 0.848. The Hall–Kier alpha value is -0.870. The van der Waals surface area contributed by atoms with Gasteiger partial charge in [0.15, 0.2) is 0 Å². The van der Waals surface area contributed by atoms with Crippen molar-refractivity contribution in [2.45, 2.75) is 44.6 Å². The fourth-order valence-corrected chi connectivity index (χ4v) is 3.60. The minimum absolute atomic E-state index is 0.185. The summed E-state index contributed by atoms with van der Waals surface area (Å²) in [5, 5.41) is 21.1. The molecule has 3 nitrogen and oxygen atoms in total. The van der Waals surface area contributed by atoms with Crippen LogP contribution in [0.5, 0.6) is 0 Å². The predicted octanol–water partition coefficient (Wildman–Crippen LogP) is 3.21. The van der Waals surface area contributed by atoms with Gasteiger partial charge in [0.1, 0.15) is 0 Å². The van der Waals surface area contributed by atoms with Gasteiger partial charge in [-0.25, -0.2) is 0 Å². The zero-order chi connectivity index (χ0) is 12.3. The minimum atomic E-state index is -0.745. The number of carboxylic acids is 1. The van der Waals surface area contributed by atoms with E-state index in [0.29, 0.717) is 6.42 Å². The molecule has 4 heteroatoms. The first-order valence-electron chi connectivity index (χ1n) is 6.05. The van der Waals surface area contributed by atoms with Crippen LogP contribution >= 0.6 is 11.3 Å². The zero-order valence-electron chi connectivity index (χ0n) is 9.76. The summed E-state index contributed by atoms with van der Waals surface area (Å²) in [6.45, 7) is 0. The monoisotopic (exact) mass is 254 g/mol. The predicted molar refractivity (Wildman–Crippen MR) is 67.0 cm³/mol. The van der Waals surface area contributed by atoms with Gasteiger partial charge in [0.2, 0.25) is 0 Å². The van der Waals surface area contributed by atoms with Crippen LogP contribution < -0.4 is 0 Å². The van der Waals surface area contributed by atoms with E-state index >= 15 is 0 Å². The van der Waals surface area contributed by atoms with E-state index < -0.39 is 12.1 Å².